The van der Waals surface area contributed by atoms with Crippen molar-refractivity contribution in [3.05, 3.63) is 35.4 Å². The lowest BCUT2D eigenvalue weighted by Crippen LogP contribution is -2.41. The molecule has 1 aromatic carbocycles. The first-order chi connectivity index (χ1) is 8.90. The number of halogens is 2. The van der Waals surface area contributed by atoms with Crippen LogP contribution in [0.3, 0.4) is 0 Å². The predicted molar refractivity (Wildman–Crippen MR) is 67.8 cm³/mol. The molecule has 0 fully saturated rings. The predicted octanol–water partition coefficient (Wildman–Crippen LogP) is 1.79. The van der Waals surface area contributed by atoms with E-state index >= 15 is 0 Å². The summed E-state index contributed by atoms with van der Waals surface area (Å²) in [4.78, 5) is 21.6. The first kappa shape index (κ1) is 15.4. The zero-order valence-corrected chi connectivity index (χ0v) is 11.0. The third-order valence-corrected chi connectivity index (χ3v) is 3.31. The molecule has 19 heavy (non-hydrogen) atoms. The topological polar surface area (TPSA) is 66.4 Å². The molecule has 0 saturated carbocycles. The number of rotatable bonds is 6. The number of hydrogen-bond donors (Lipinski definition) is 2. The van der Waals surface area contributed by atoms with E-state index in [1.165, 1.54) is 6.92 Å². The van der Waals surface area contributed by atoms with Gasteiger partial charge in [0.05, 0.1) is 0 Å². The summed E-state index contributed by atoms with van der Waals surface area (Å²) in [6, 6.07) is 2.06. The summed E-state index contributed by atoms with van der Waals surface area (Å²) in [6.45, 7) is 1.22. The van der Waals surface area contributed by atoms with Gasteiger partial charge in [0.25, 0.3) is 0 Å². The SMILES string of the molecule is CC(=O)NC(CSCc1cc(F)ccc1F)C(=O)O. The number of benzene rings is 1. The van der Waals surface area contributed by atoms with Gasteiger partial charge in [-0.25, -0.2) is 13.6 Å². The van der Waals surface area contributed by atoms with Crippen molar-refractivity contribution in [2.24, 2.45) is 0 Å². The van der Waals surface area contributed by atoms with Crippen molar-refractivity contribution in [3.8, 4) is 0 Å². The van der Waals surface area contributed by atoms with Crippen molar-refractivity contribution < 1.29 is 23.5 Å². The minimum Gasteiger partial charge on any atom is -0.480 e. The largest absolute Gasteiger partial charge is 0.480 e. The molecule has 0 saturated heterocycles. The fourth-order valence-electron chi connectivity index (χ4n) is 1.36. The standard InChI is InChI=1S/C12H13F2NO3S/c1-7(16)15-11(12(17)18)6-19-5-8-4-9(13)2-3-10(8)14/h2-4,11H,5-6H2,1H3,(H,15,16)(H,17,18). The highest BCUT2D eigenvalue weighted by molar-refractivity contribution is 7.98. The number of amides is 1. The average Bonchev–Trinajstić information content (AvgIpc) is 2.31. The van der Waals surface area contributed by atoms with Gasteiger partial charge in [0.1, 0.15) is 17.7 Å². The molecular formula is C12H13F2NO3S. The Morgan fingerprint density at radius 3 is 2.68 bits per heavy atom. The summed E-state index contributed by atoms with van der Waals surface area (Å²) < 4.78 is 26.2. The highest BCUT2D eigenvalue weighted by Gasteiger charge is 2.18. The molecule has 104 valence electrons. The van der Waals surface area contributed by atoms with Gasteiger partial charge >= 0.3 is 5.97 Å². The maximum absolute atomic E-state index is 13.3. The number of carbonyl (C=O) groups excluding carboxylic acids is 1. The molecule has 2 N–H and O–H groups in total. The number of hydrogen-bond acceptors (Lipinski definition) is 3. The van der Waals surface area contributed by atoms with Crippen LogP contribution in [0.5, 0.6) is 0 Å². The molecule has 0 radical (unpaired) electrons. The first-order valence-electron chi connectivity index (χ1n) is 5.41. The van der Waals surface area contributed by atoms with E-state index in [-0.39, 0.29) is 17.1 Å². The summed E-state index contributed by atoms with van der Waals surface area (Å²) in [6.07, 6.45) is 0. The van der Waals surface area contributed by atoms with Crippen LogP contribution in [0.2, 0.25) is 0 Å². The number of thioether (sulfide) groups is 1. The van der Waals surface area contributed by atoms with Crippen molar-refractivity contribution in [2.75, 3.05) is 5.75 Å². The molecule has 1 aromatic rings. The van der Waals surface area contributed by atoms with Crippen LogP contribution in [0.1, 0.15) is 12.5 Å². The number of carboxylic acids is 1. The van der Waals surface area contributed by atoms with Gasteiger partial charge in [-0.2, -0.15) is 11.8 Å². The molecule has 4 nitrogen and oxygen atoms in total. The van der Waals surface area contributed by atoms with Crippen LogP contribution in [0.15, 0.2) is 18.2 Å². The van der Waals surface area contributed by atoms with Gasteiger partial charge in [-0.15, -0.1) is 0 Å². The van der Waals surface area contributed by atoms with Crippen LogP contribution in [0.25, 0.3) is 0 Å². The van der Waals surface area contributed by atoms with Crippen molar-refractivity contribution in [1.29, 1.82) is 0 Å². The van der Waals surface area contributed by atoms with Gasteiger partial charge in [-0.1, -0.05) is 0 Å². The molecule has 7 heteroatoms. The molecule has 0 aliphatic carbocycles. The number of nitrogens with one attached hydrogen (secondary N) is 1. The van der Waals surface area contributed by atoms with Crippen molar-refractivity contribution in [3.63, 3.8) is 0 Å². The highest BCUT2D eigenvalue weighted by atomic mass is 32.2. The fourth-order valence-corrected chi connectivity index (χ4v) is 2.38. The lowest BCUT2D eigenvalue weighted by Gasteiger charge is -2.12. The zero-order valence-electron chi connectivity index (χ0n) is 10.2. The number of carboxylic acid groups (broad SMARTS) is 1. The van der Waals surface area contributed by atoms with E-state index in [2.05, 4.69) is 5.32 Å². The van der Waals surface area contributed by atoms with Crippen LogP contribution < -0.4 is 5.32 Å². The van der Waals surface area contributed by atoms with E-state index in [9.17, 15) is 18.4 Å². The summed E-state index contributed by atoms with van der Waals surface area (Å²) in [5, 5.41) is 11.1. The molecule has 0 aliphatic rings. The lowest BCUT2D eigenvalue weighted by atomic mass is 10.2. The number of aliphatic carboxylic acids is 1. The normalized spacial score (nSPS) is 11.9. The van der Waals surface area contributed by atoms with Gasteiger partial charge in [-0.3, -0.25) is 4.79 Å². The Morgan fingerprint density at radius 2 is 2.11 bits per heavy atom. The van der Waals surface area contributed by atoms with Gasteiger partial charge in [0, 0.05) is 24.0 Å². The Balaban J connectivity index is 2.54. The van der Waals surface area contributed by atoms with Crippen molar-refractivity contribution in [1.82, 2.24) is 5.32 Å². The Kier molecular flexibility index (Phi) is 5.75. The Bertz CT molecular complexity index is 482. The molecule has 0 bridgehead atoms. The average molecular weight is 289 g/mol. The maximum Gasteiger partial charge on any atom is 0.327 e. The zero-order chi connectivity index (χ0) is 14.4. The molecule has 1 atom stereocenters. The monoisotopic (exact) mass is 289 g/mol. The van der Waals surface area contributed by atoms with E-state index < -0.39 is 29.6 Å². The Hall–Kier alpha value is -1.63. The van der Waals surface area contributed by atoms with Gasteiger partial charge in [-0.05, 0) is 18.2 Å². The van der Waals surface area contributed by atoms with Gasteiger partial charge in [0.15, 0.2) is 0 Å². The lowest BCUT2D eigenvalue weighted by molar-refractivity contribution is -0.140. The molecule has 1 unspecified atom stereocenters. The third-order valence-electron chi connectivity index (χ3n) is 2.23. The van der Waals surface area contributed by atoms with Crippen LogP contribution in [0, 0.1) is 11.6 Å². The minimum atomic E-state index is -1.16. The van der Waals surface area contributed by atoms with E-state index in [4.69, 9.17) is 5.11 Å². The highest BCUT2D eigenvalue weighted by Crippen LogP contribution is 2.17. The van der Waals surface area contributed by atoms with Crippen molar-refractivity contribution in [2.45, 2.75) is 18.7 Å². The van der Waals surface area contributed by atoms with Crippen LogP contribution in [-0.4, -0.2) is 28.8 Å². The fraction of sp³-hybridized carbons (Fsp3) is 0.333. The smallest absolute Gasteiger partial charge is 0.327 e. The summed E-state index contributed by atoms with van der Waals surface area (Å²) in [5.74, 6) is -2.50. The Labute approximate surface area is 113 Å². The second-order valence-corrected chi connectivity index (χ2v) is 4.87. The van der Waals surface area contributed by atoms with Gasteiger partial charge < -0.3 is 10.4 Å². The maximum atomic E-state index is 13.3. The van der Waals surface area contributed by atoms with Crippen LogP contribution in [-0.2, 0) is 15.3 Å². The molecule has 0 spiro atoms. The summed E-state index contributed by atoms with van der Waals surface area (Å²) >= 11 is 1.11. The second kappa shape index (κ2) is 7.08. The molecule has 1 amide bonds. The summed E-state index contributed by atoms with van der Waals surface area (Å²) in [5.41, 5.74) is 0.164. The molecule has 0 aromatic heterocycles. The van der Waals surface area contributed by atoms with E-state index in [1.807, 2.05) is 0 Å². The minimum absolute atomic E-state index is 0.0743. The van der Waals surface area contributed by atoms with Gasteiger partial charge in [0.2, 0.25) is 5.91 Å². The summed E-state index contributed by atoms with van der Waals surface area (Å²) in [7, 11) is 0. The molecule has 0 aliphatic heterocycles. The van der Waals surface area contributed by atoms with Crippen LogP contribution in [0.4, 0.5) is 8.78 Å². The molecule has 1 rings (SSSR count). The molecular weight excluding hydrogens is 276 g/mol. The Morgan fingerprint density at radius 1 is 1.42 bits per heavy atom. The molecule has 0 heterocycles. The van der Waals surface area contributed by atoms with Crippen LogP contribution >= 0.6 is 11.8 Å². The quantitative estimate of drug-likeness (QED) is 0.838. The van der Waals surface area contributed by atoms with E-state index in [0.717, 1.165) is 30.0 Å². The van der Waals surface area contributed by atoms with E-state index in [1.54, 1.807) is 0 Å². The number of carbonyl (C=O) groups is 2. The van der Waals surface area contributed by atoms with Crippen molar-refractivity contribution >= 4 is 23.6 Å². The third kappa shape index (κ3) is 5.25. The first-order valence-corrected chi connectivity index (χ1v) is 6.57. The second-order valence-electron chi connectivity index (χ2n) is 3.84. The van der Waals surface area contributed by atoms with E-state index in [0.29, 0.717) is 0 Å².